The Hall–Kier alpha value is -2.37. The summed E-state index contributed by atoms with van der Waals surface area (Å²) >= 11 is 5.81. The fraction of sp³-hybridized carbons (Fsp3) is 0.300. The number of likely N-dealkylation sites (N-methyl/N-ethyl adjacent to an activating group) is 1. The topological polar surface area (TPSA) is 61.4 Å². The minimum absolute atomic E-state index is 0.0920. The van der Waals surface area contributed by atoms with Crippen molar-refractivity contribution < 1.29 is 9.59 Å². The molecule has 2 N–H and O–H groups in total. The maximum absolute atomic E-state index is 12.3. The highest BCUT2D eigenvalue weighted by molar-refractivity contribution is 6.30. The summed E-state index contributed by atoms with van der Waals surface area (Å²) in [6.45, 7) is 0.976. The molecule has 0 heterocycles. The number of amides is 2. The summed E-state index contributed by atoms with van der Waals surface area (Å²) in [5.74, 6) is -0.320. The van der Waals surface area contributed by atoms with Crippen LogP contribution in [0.3, 0.4) is 0 Å². The smallest absolute Gasteiger partial charge is 0.251 e. The van der Waals surface area contributed by atoms with Gasteiger partial charge in [0.05, 0.1) is 6.04 Å². The number of hydrogen-bond acceptors (Lipinski definition) is 3. The second kappa shape index (κ2) is 9.94. The summed E-state index contributed by atoms with van der Waals surface area (Å²) in [7, 11) is 3.93. The zero-order chi connectivity index (χ0) is 18.9. The van der Waals surface area contributed by atoms with Gasteiger partial charge >= 0.3 is 0 Å². The zero-order valence-electron chi connectivity index (χ0n) is 15.0. The van der Waals surface area contributed by atoms with Crippen LogP contribution in [0.4, 0.5) is 0 Å². The van der Waals surface area contributed by atoms with Crippen molar-refractivity contribution in [2.75, 3.05) is 27.2 Å². The van der Waals surface area contributed by atoms with Gasteiger partial charge in [-0.2, -0.15) is 0 Å². The first-order valence-corrected chi connectivity index (χ1v) is 8.86. The third-order valence-corrected chi connectivity index (χ3v) is 4.08. The molecule has 0 spiro atoms. The van der Waals surface area contributed by atoms with Crippen molar-refractivity contribution in [3.05, 3.63) is 70.7 Å². The molecular formula is C20H24ClN3O2. The van der Waals surface area contributed by atoms with E-state index >= 15 is 0 Å². The minimum Gasteiger partial charge on any atom is -0.352 e. The number of rotatable bonds is 8. The first kappa shape index (κ1) is 19.9. The first-order chi connectivity index (χ1) is 12.5. The van der Waals surface area contributed by atoms with E-state index < -0.39 is 0 Å². The maximum Gasteiger partial charge on any atom is 0.251 e. The van der Waals surface area contributed by atoms with Gasteiger partial charge in [-0.1, -0.05) is 41.9 Å². The Morgan fingerprint density at radius 2 is 1.69 bits per heavy atom. The van der Waals surface area contributed by atoms with Gasteiger partial charge in [-0.05, 0) is 43.9 Å². The molecule has 2 rings (SSSR count). The Balaban J connectivity index is 1.84. The number of hydrogen-bond donors (Lipinski definition) is 2. The molecule has 1 atom stereocenters. The van der Waals surface area contributed by atoms with Crippen LogP contribution in [-0.4, -0.2) is 43.9 Å². The van der Waals surface area contributed by atoms with E-state index in [1.807, 2.05) is 49.3 Å². The number of nitrogens with zero attached hydrogens (tertiary/aromatic N) is 1. The summed E-state index contributed by atoms with van der Waals surface area (Å²) in [6.07, 6.45) is 0.218. The van der Waals surface area contributed by atoms with Gasteiger partial charge in [0.15, 0.2) is 0 Å². The molecule has 6 heteroatoms. The number of benzene rings is 2. The monoisotopic (exact) mass is 373 g/mol. The highest BCUT2D eigenvalue weighted by Gasteiger charge is 2.15. The summed E-state index contributed by atoms with van der Waals surface area (Å²) in [6, 6.07) is 16.4. The molecule has 2 aromatic carbocycles. The van der Waals surface area contributed by atoms with Crippen LogP contribution in [-0.2, 0) is 4.79 Å². The van der Waals surface area contributed by atoms with Crippen molar-refractivity contribution in [1.82, 2.24) is 15.5 Å². The van der Waals surface area contributed by atoms with E-state index in [1.54, 1.807) is 24.3 Å². The predicted molar refractivity (Wildman–Crippen MR) is 104 cm³/mol. The van der Waals surface area contributed by atoms with Crippen LogP contribution in [0.15, 0.2) is 54.6 Å². The molecule has 2 amide bonds. The van der Waals surface area contributed by atoms with Gasteiger partial charge in [0.25, 0.3) is 5.91 Å². The molecule has 0 unspecified atom stereocenters. The lowest BCUT2D eigenvalue weighted by atomic mass is 10.1. The Bertz CT molecular complexity index is 718. The predicted octanol–water partition coefficient (Wildman–Crippen LogP) is 2.88. The second-order valence-corrected chi connectivity index (χ2v) is 6.74. The zero-order valence-corrected chi connectivity index (χ0v) is 15.8. The van der Waals surface area contributed by atoms with Crippen molar-refractivity contribution in [1.29, 1.82) is 0 Å². The lowest BCUT2D eigenvalue weighted by Crippen LogP contribution is -2.37. The second-order valence-electron chi connectivity index (χ2n) is 6.31. The van der Waals surface area contributed by atoms with E-state index in [1.165, 1.54) is 0 Å². The molecule has 5 nitrogen and oxygen atoms in total. The van der Waals surface area contributed by atoms with Crippen LogP contribution >= 0.6 is 11.6 Å². The van der Waals surface area contributed by atoms with E-state index in [9.17, 15) is 9.59 Å². The summed E-state index contributed by atoms with van der Waals surface area (Å²) in [5, 5.41) is 6.36. The maximum atomic E-state index is 12.3. The molecule has 0 aliphatic rings. The minimum atomic E-state index is -0.220. The van der Waals surface area contributed by atoms with Gasteiger partial charge in [-0.25, -0.2) is 0 Å². The van der Waals surface area contributed by atoms with Crippen molar-refractivity contribution in [3.8, 4) is 0 Å². The fourth-order valence-corrected chi connectivity index (χ4v) is 2.67. The van der Waals surface area contributed by atoms with Gasteiger partial charge in [-0.3, -0.25) is 9.59 Å². The highest BCUT2D eigenvalue weighted by atomic mass is 35.5. The average molecular weight is 374 g/mol. The molecule has 0 aliphatic heterocycles. The van der Waals surface area contributed by atoms with Gasteiger partial charge in [0.2, 0.25) is 5.91 Å². The molecule has 0 saturated carbocycles. The number of nitrogens with one attached hydrogen (secondary N) is 2. The summed E-state index contributed by atoms with van der Waals surface area (Å²) < 4.78 is 0. The molecule has 0 aliphatic carbocycles. The van der Waals surface area contributed by atoms with Crippen LogP contribution in [0.2, 0.25) is 5.02 Å². The summed E-state index contributed by atoms with van der Waals surface area (Å²) in [5.41, 5.74) is 1.57. The van der Waals surface area contributed by atoms with Crippen LogP contribution in [0.25, 0.3) is 0 Å². The highest BCUT2D eigenvalue weighted by Crippen LogP contribution is 2.13. The van der Waals surface area contributed by atoms with E-state index in [0.717, 1.165) is 5.56 Å². The van der Waals surface area contributed by atoms with E-state index in [4.69, 9.17) is 11.6 Å². The van der Waals surface area contributed by atoms with Crippen molar-refractivity contribution >= 4 is 23.4 Å². The van der Waals surface area contributed by atoms with Crippen LogP contribution in [0.1, 0.15) is 28.4 Å². The third-order valence-electron chi connectivity index (χ3n) is 3.83. The van der Waals surface area contributed by atoms with Crippen molar-refractivity contribution in [3.63, 3.8) is 0 Å². The van der Waals surface area contributed by atoms with Gasteiger partial charge in [0, 0.05) is 30.1 Å². The average Bonchev–Trinajstić information content (AvgIpc) is 2.62. The SMILES string of the molecule is CN(C)C[C@H](NC(=O)CCNC(=O)c1ccc(Cl)cc1)c1ccccc1. The molecule has 26 heavy (non-hydrogen) atoms. The van der Waals surface area contributed by atoms with Crippen molar-refractivity contribution in [2.24, 2.45) is 0 Å². The largest absolute Gasteiger partial charge is 0.352 e. The lowest BCUT2D eigenvalue weighted by molar-refractivity contribution is -0.121. The standard InChI is InChI=1S/C20H24ClN3O2/c1-24(2)14-18(15-6-4-3-5-7-15)23-19(25)12-13-22-20(26)16-8-10-17(21)11-9-16/h3-11,18H,12-14H2,1-2H3,(H,22,26)(H,23,25)/t18-/m0/s1. The van der Waals surface area contributed by atoms with E-state index in [-0.39, 0.29) is 30.8 Å². The first-order valence-electron chi connectivity index (χ1n) is 8.48. The summed E-state index contributed by atoms with van der Waals surface area (Å²) in [4.78, 5) is 26.3. The molecule has 0 radical (unpaired) electrons. The molecule has 0 aromatic heterocycles. The van der Waals surface area contributed by atoms with Gasteiger partial charge in [0.1, 0.15) is 0 Å². The van der Waals surface area contributed by atoms with Gasteiger partial charge in [-0.15, -0.1) is 0 Å². The Morgan fingerprint density at radius 1 is 1.04 bits per heavy atom. The number of carbonyl (C=O) groups is 2. The number of carbonyl (C=O) groups excluding carboxylic acids is 2. The Labute approximate surface area is 159 Å². The lowest BCUT2D eigenvalue weighted by Gasteiger charge is -2.23. The van der Waals surface area contributed by atoms with E-state index in [0.29, 0.717) is 17.1 Å². The third kappa shape index (κ3) is 6.50. The molecule has 0 bridgehead atoms. The van der Waals surface area contributed by atoms with Gasteiger partial charge < -0.3 is 15.5 Å². The molecule has 2 aromatic rings. The Kier molecular flexibility index (Phi) is 7.63. The molecular weight excluding hydrogens is 350 g/mol. The van der Waals surface area contributed by atoms with Crippen LogP contribution in [0.5, 0.6) is 0 Å². The molecule has 138 valence electrons. The van der Waals surface area contributed by atoms with Crippen LogP contribution in [0, 0.1) is 0 Å². The van der Waals surface area contributed by atoms with Crippen LogP contribution < -0.4 is 10.6 Å². The van der Waals surface area contributed by atoms with Crippen molar-refractivity contribution in [2.45, 2.75) is 12.5 Å². The fourth-order valence-electron chi connectivity index (χ4n) is 2.54. The molecule has 0 saturated heterocycles. The normalized spacial score (nSPS) is 11.8. The quantitative estimate of drug-likeness (QED) is 0.748. The Morgan fingerprint density at radius 3 is 2.31 bits per heavy atom. The molecule has 0 fully saturated rings. The van der Waals surface area contributed by atoms with E-state index in [2.05, 4.69) is 10.6 Å². The number of halogens is 1.